The lowest BCUT2D eigenvalue weighted by Gasteiger charge is -1.95. The second-order valence-electron chi connectivity index (χ2n) is 3.62. The third-order valence-electron chi connectivity index (χ3n) is 2.28. The maximum absolute atomic E-state index is 10.0. The predicted molar refractivity (Wildman–Crippen MR) is 68.3 cm³/mol. The zero-order chi connectivity index (χ0) is 11.5. The van der Waals surface area contributed by atoms with Crippen molar-refractivity contribution in [2.45, 2.75) is 25.7 Å². The predicted octanol–water partition coefficient (Wildman–Crippen LogP) is 3.71. The smallest absolute Gasteiger partial charge is 0.120 e. The topological polar surface area (TPSA) is 17.1 Å². The zero-order valence-corrected chi connectivity index (χ0v) is 9.51. The summed E-state index contributed by atoms with van der Waals surface area (Å²) in [5.41, 5.74) is 1.37. The third-order valence-corrected chi connectivity index (χ3v) is 2.28. The van der Waals surface area contributed by atoms with Crippen LogP contribution in [0, 0.1) is 0 Å². The summed E-state index contributed by atoms with van der Waals surface area (Å²) in [7, 11) is 0. The second kappa shape index (κ2) is 8.66. The van der Waals surface area contributed by atoms with Gasteiger partial charge in [-0.15, -0.1) is 0 Å². The molecule has 0 aliphatic heterocycles. The van der Waals surface area contributed by atoms with Crippen LogP contribution in [-0.2, 0) is 11.2 Å². The van der Waals surface area contributed by atoms with Crippen LogP contribution >= 0.6 is 0 Å². The summed E-state index contributed by atoms with van der Waals surface area (Å²) in [6.45, 7) is 0. The molecule has 1 heteroatoms. The van der Waals surface area contributed by atoms with Crippen molar-refractivity contribution in [1.29, 1.82) is 0 Å². The summed E-state index contributed by atoms with van der Waals surface area (Å²) in [5, 5.41) is 0. The summed E-state index contributed by atoms with van der Waals surface area (Å²) in [6, 6.07) is 10.5. The fourth-order valence-corrected chi connectivity index (χ4v) is 1.41. The first-order valence-corrected chi connectivity index (χ1v) is 5.72. The minimum absolute atomic E-state index is 0.619. The van der Waals surface area contributed by atoms with Crippen molar-refractivity contribution in [2.24, 2.45) is 0 Å². The minimum atomic E-state index is 0.619. The van der Waals surface area contributed by atoms with Crippen LogP contribution in [0.5, 0.6) is 0 Å². The van der Waals surface area contributed by atoms with Crippen molar-refractivity contribution in [2.75, 3.05) is 0 Å². The van der Waals surface area contributed by atoms with E-state index in [0.29, 0.717) is 6.42 Å². The Morgan fingerprint density at radius 1 is 0.875 bits per heavy atom. The maximum atomic E-state index is 10.0. The van der Waals surface area contributed by atoms with Crippen molar-refractivity contribution in [3.05, 3.63) is 60.2 Å². The lowest BCUT2D eigenvalue weighted by molar-refractivity contribution is -0.107. The highest BCUT2D eigenvalue weighted by Crippen LogP contribution is 2.02. The first-order chi connectivity index (χ1) is 7.93. The molecule has 0 heterocycles. The van der Waals surface area contributed by atoms with Gasteiger partial charge in [-0.1, -0.05) is 54.6 Å². The highest BCUT2D eigenvalue weighted by atomic mass is 16.1. The summed E-state index contributed by atoms with van der Waals surface area (Å²) >= 11 is 0. The number of allylic oxidation sites excluding steroid dienone is 4. The molecule has 1 nitrogen and oxygen atoms in total. The quantitative estimate of drug-likeness (QED) is 0.384. The number of carbonyl (C=O) groups excluding carboxylic acids is 1. The van der Waals surface area contributed by atoms with Gasteiger partial charge in [0.15, 0.2) is 0 Å². The molecule has 1 aromatic rings. The Hall–Kier alpha value is -1.63. The van der Waals surface area contributed by atoms with Crippen LogP contribution in [-0.4, -0.2) is 6.29 Å². The van der Waals surface area contributed by atoms with E-state index in [4.69, 9.17) is 0 Å². The lowest BCUT2D eigenvalue weighted by Crippen LogP contribution is -1.80. The fraction of sp³-hybridized carbons (Fsp3) is 0.267. The second-order valence-corrected chi connectivity index (χ2v) is 3.62. The largest absolute Gasteiger partial charge is 0.303 e. The molecule has 0 saturated carbocycles. The van der Waals surface area contributed by atoms with Crippen LogP contribution in [0.25, 0.3) is 0 Å². The van der Waals surface area contributed by atoms with Gasteiger partial charge in [0.05, 0.1) is 0 Å². The number of carbonyl (C=O) groups is 1. The first-order valence-electron chi connectivity index (χ1n) is 5.72. The van der Waals surface area contributed by atoms with Crippen LogP contribution < -0.4 is 0 Å². The van der Waals surface area contributed by atoms with Crippen LogP contribution in [0.15, 0.2) is 54.6 Å². The van der Waals surface area contributed by atoms with E-state index in [-0.39, 0.29) is 0 Å². The van der Waals surface area contributed by atoms with Crippen molar-refractivity contribution in [3.63, 3.8) is 0 Å². The molecule has 16 heavy (non-hydrogen) atoms. The number of unbranched alkanes of at least 4 members (excludes halogenated alkanes) is 1. The molecule has 0 aromatic heterocycles. The fourth-order valence-electron chi connectivity index (χ4n) is 1.41. The van der Waals surface area contributed by atoms with Crippen LogP contribution in [0.1, 0.15) is 24.8 Å². The van der Waals surface area contributed by atoms with E-state index in [0.717, 1.165) is 25.5 Å². The summed E-state index contributed by atoms with van der Waals surface area (Å²) in [5.74, 6) is 0. The highest BCUT2D eigenvalue weighted by molar-refractivity contribution is 5.49. The van der Waals surface area contributed by atoms with Crippen LogP contribution in [0.4, 0.5) is 0 Å². The van der Waals surface area contributed by atoms with E-state index in [1.54, 1.807) is 0 Å². The Kier molecular flexibility index (Phi) is 6.73. The molecule has 0 aliphatic carbocycles. The first kappa shape index (κ1) is 12.4. The van der Waals surface area contributed by atoms with Gasteiger partial charge in [0.1, 0.15) is 6.29 Å². The van der Waals surface area contributed by atoms with E-state index < -0.39 is 0 Å². The van der Waals surface area contributed by atoms with Crippen LogP contribution in [0.2, 0.25) is 0 Å². The Morgan fingerprint density at radius 3 is 2.25 bits per heavy atom. The lowest BCUT2D eigenvalue weighted by atomic mass is 10.1. The number of benzene rings is 1. The Labute approximate surface area is 97.5 Å². The van der Waals surface area contributed by atoms with Crippen molar-refractivity contribution in [1.82, 2.24) is 0 Å². The zero-order valence-electron chi connectivity index (χ0n) is 9.51. The van der Waals surface area contributed by atoms with Crippen molar-refractivity contribution < 1.29 is 4.79 Å². The minimum Gasteiger partial charge on any atom is -0.303 e. The SMILES string of the molecule is O=CCC/C=C/C=C\CCc1ccccc1. The molecule has 0 N–H and O–H groups in total. The van der Waals surface area contributed by atoms with Gasteiger partial charge in [-0.2, -0.15) is 0 Å². The van der Waals surface area contributed by atoms with Gasteiger partial charge in [-0.05, 0) is 24.8 Å². The van der Waals surface area contributed by atoms with Gasteiger partial charge in [0.25, 0.3) is 0 Å². The summed E-state index contributed by atoms with van der Waals surface area (Å²) in [4.78, 5) is 10.0. The van der Waals surface area contributed by atoms with Crippen molar-refractivity contribution >= 4 is 6.29 Å². The number of hydrogen-bond acceptors (Lipinski definition) is 1. The highest BCUT2D eigenvalue weighted by Gasteiger charge is 1.86. The monoisotopic (exact) mass is 214 g/mol. The van der Waals surface area contributed by atoms with Gasteiger partial charge in [0, 0.05) is 6.42 Å². The Morgan fingerprint density at radius 2 is 1.56 bits per heavy atom. The van der Waals surface area contributed by atoms with E-state index in [1.807, 2.05) is 24.3 Å². The number of rotatable bonds is 7. The number of aryl methyl sites for hydroxylation is 1. The molecule has 84 valence electrons. The van der Waals surface area contributed by atoms with E-state index in [2.05, 4.69) is 30.3 Å². The molecule has 0 radical (unpaired) electrons. The summed E-state index contributed by atoms with van der Waals surface area (Å²) < 4.78 is 0. The molecule has 0 fully saturated rings. The number of aldehydes is 1. The normalized spacial score (nSPS) is 11.2. The standard InChI is InChI=1S/C15H18O/c16-14-10-5-3-1-2-4-7-11-15-12-8-6-9-13-15/h1-4,6,8-9,12-14H,5,7,10-11H2/b3-1+,4-2-. The van der Waals surface area contributed by atoms with Gasteiger partial charge < -0.3 is 4.79 Å². The summed E-state index contributed by atoms with van der Waals surface area (Å²) in [6.07, 6.45) is 12.8. The molecule has 0 aliphatic rings. The van der Waals surface area contributed by atoms with Crippen LogP contribution in [0.3, 0.4) is 0 Å². The number of hydrogen-bond donors (Lipinski definition) is 0. The average molecular weight is 214 g/mol. The van der Waals surface area contributed by atoms with Gasteiger partial charge in [-0.3, -0.25) is 0 Å². The molecule has 1 rings (SSSR count). The van der Waals surface area contributed by atoms with Gasteiger partial charge in [0.2, 0.25) is 0 Å². The molecule has 1 aromatic carbocycles. The van der Waals surface area contributed by atoms with E-state index in [1.165, 1.54) is 5.56 Å². The Bertz CT molecular complexity index is 336. The van der Waals surface area contributed by atoms with E-state index in [9.17, 15) is 4.79 Å². The molecule has 0 amide bonds. The molecular formula is C15H18O. The van der Waals surface area contributed by atoms with E-state index >= 15 is 0 Å². The molecular weight excluding hydrogens is 196 g/mol. The molecule has 0 unspecified atom stereocenters. The maximum Gasteiger partial charge on any atom is 0.120 e. The van der Waals surface area contributed by atoms with Crippen molar-refractivity contribution in [3.8, 4) is 0 Å². The molecule has 0 atom stereocenters. The average Bonchev–Trinajstić information content (AvgIpc) is 2.34. The molecule has 0 bridgehead atoms. The molecule has 0 saturated heterocycles. The Balaban J connectivity index is 2.13. The third kappa shape index (κ3) is 5.97. The van der Waals surface area contributed by atoms with Gasteiger partial charge in [-0.25, -0.2) is 0 Å². The molecule has 0 spiro atoms. The van der Waals surface area contributed by atoms with Gasteiger partial charge >= 0.3 is 0 Å².